The molecule has 0 unspecified atom stereocenters. The van der Waals surface area contributed by atoms with E-state index in [-0.39, 0.29) is 12.4 Å². The lowest BCUT2D eigenvalue weighted by Crippen LogP contribution is -2.25. The second-order valence-corrected chi connectivity index (χ2v) is 4.07. The monoisotopic (exact) mass is 259 g/mol. The van der Waals surface area contributed by atoms with Crippen LogP contribution in [0, 0.1) is 13.8 Å². The number of ether oxygens (including phenoxy) is 1. The van der Waals surface area contributed by atoms with Crippen molar-refractivity contribution in [1.29, 1.82) is 0 Å². The highest BCUT2D eigenvalue weighted by atomic mass is 35.5. The molecule has 1 aromatic heterocycles. The van der Waals surface area contributed by atoms with Crippen LogP contribution in [-0.4, -0.2) is 37.1 Å². The molecular formula is C12H22ClN3O. The minimum atomic E-state index is 0. The first-order chi connectivity index (χ1) is 7.60. The van der Waals surface area contributed by atoms with Crippen LogP contribution in [-0.2, 0) is 6.54 Å². The molecule has 17 heavy (non-hydrogen) atoms. The van der Waals surface area contributed by atoms with Gasteiger partial charge >= 0.3 is 0 Å². The molecule has 0 aliphatic rings. The molecule has 0 atom stereocenters. The summed E-state index contributed by atoms with van der Waals surface area (Å²) >= 11 is 0. The first kappa shape index (κ1) is 16.2. The summed E-state index contributed by atoms with van der Waals surface area (Å²) in [7, 11) is 3.74. The Morgan fingerprint density at radius 1 is 1.41 bits per heavy atom. The van der Waals surface area contributed by atoms with Gasteiger partial charge in [0.2, 0.25) is 0 Å². The number of nitrogens with zero attached hydrogens (tertiary/aromatic N) is 2. The Hall–Kier alpha value is -0.840. The van der Waals surface area contributed by atoms with Gasteiger partial charge in [-0.15, -0.1) is 12.4 Å². The molecule has 5 heteroatoms. The summed E-state index contributed by atoms with van der Waals surface area (Å²) in [5.74, 6) is 0.936. The number of aromatic nitrogens is 1. The highest BCUT2D eigenvalue weighted by molar-refractivity contribution is 5.85. The fourth-order valence-electron chi connectivity index (χ4n) is 1.79. The summed E-state index contributed by atoms with van der Waals surface area (Å²) in [4.78, 5) is 6.60. The third kappa shape index (κ3) is 4.15. The standard InChI is InChI=1S/C12H21N3O.ClH/c1-9-7-14-11(8-15(3)6-5-13)10(2)12(9)16-4;/h7H,5-6,8,13H2,1-4H3;1H. The van der Waals surface area contributed by atoms with Crippen molar-refractivity contribution in [3.05, 3.63) is 23.0 Å². The van der Waals surface area contributed by atoms with Crippen molar-refractivity contribution in [1.82, 2.24) is 9.88 Å². The van der Waals surface area contributed by atoms with E-state index in [1.54, 1.807) is 7.11 Å². The molecule has 0 spiro atoms. The van der Waals surface area contributed by atoms with Crippen LogP contribution in [0.4, 0.5) is 0 Å². The largest absolute Gasteiger partial charge is 0.496 e. The lowest BCUT2D eigenvalue weighted by Gasteiger charge is -2.18. The average molecular weight is 260 g/mol. The van der Waals surface area contributed by atoms with Gasteiger partial charge < -0.3 is 10.5 Å². The Bertz CT molecular complexity index is 358. The Balaban J connectivity index is 0.00000256. The highest BCUT2D eigenvalue weighted by Gasteiger charge is 2.10. The first-order valence-electron chi connectivity index (χ1n) is 5.47. The van der Waals surface area contributed by atoms with Crippen LogP contribution >= 0.6 is 12.4 Å². The van der Waals surface area contributed by atoms with Crippen molar-refractivity contribution in [2.45, 2.75) is 20.4 Å². The molecule has 2 N–H and O–H groups in total. The molecule has 1 aromatic rings. The fourth-order valence-corrected chi connectivity index (χ4v) is 1.79. The molecule has 0 saturated carbocycles. The number of aryl methyl sites for hydroxylation is 1. The van der Waals surface area contributed by atoms with Crippen molar-refractivity contribution in [3.8, 4) is 5.75 Å². The summed E-state index contributed by atoms with van der Waals surface area (Å²) in [6, 6.07) is 0. The minimum Gasteiger partial charge on any atom is -0.496 e. The van der Waals surface area contributed by atoms with E-state index in [4.69, 9.17) is 10.5 Å². The quantitative estimate of drug-likeness (QED) is 0.871. The molecule has 0 saturated heterocycles. The number of rotatable bonds is 5. The molecule has 1 rings (SSSR count). The number of hydrogen-bond acceptors (Lipinski definition) is 4. The van der Waals surface area contributed by atoms with E-state index in [0.29, 0.717) is 6.54 Å². The maximum absolute atomic E-state index is 5.51. The zero-order valence-electron chi connectivity index (χ0n) is 11.0. The smallest absolute Gasteiger partial charge is 0.128 e. The molecule has 0 radical (unpaired) electrons. The summed E-state index contributed by atoms with van der Waals surface area (Å²) in [6.45, 7) is 6.40. The van der Waals surface area contributed by atoms with Crippen LogP contribution in [0.5, 0.6) is 5.75 Å². The van der Waals surface area contributed by atoms with Gasteiger partial charge in [-0.2, -0.15) is 0 Å². The molecule has 0 aliphatic heterocycles. The fraction of sp³-hybridized carbons (Fsp3) is 0.583. The molecular weight excluding hydrogens is 238 g/mol. The number of halogens is 1. The Labute approximate surface area is 110 Å². The van der Waals surface area contributed by atoms with E-state index in [0.717, 1.165) is 35.7 Å². The lowest BCUT2D eigenvalue weighted by atomic mass is 10.1. The van der Waals surface area contributed by atoms with Gasteiger partial charge in [0.15, 0.2) is 0 Å². The van der Waals surface area contributed by atoms with Gasteiger partial charge in [0.1, 0.15) is 5.75 Å². The number of hydrogen-bond donors (Lipinski definition) is 1. The van der Waals surface area contributed by atoms with E-state index in [1.165, 1.54) is 0 Å². The summed E-state index contributed by atoms with van der Waals surface area (Å²) in [6.07, 6.45) is 1.86. The maximum Gasteiger partial charge on any atom is 0.128 e. The van der Waals surface area contributed by atoms with Crippen molar-refractivity contribution in [2.75, 3.05) is 27.2 Å². The predicted octanol–water partition coefficient (Wildman–Crippen LogP) is 1.52. The van der Waals surface area contributed by atoms with Crippen LogP contribution in [0.3, 0.4) is 0 Å². The Kier molecular flexibility index (Phi) is 7.11. The zero-order valence-corrected chi connectivity index (χ0v) is 11.8. The number of nitrogens with two attached hydrogens (primary N) is 1. The second-order valence-electron chi connectivity index (χ2n) is 4.07. The van der Waals surface area contributed by atoms with E-state index in [1.807, 2.05) is 27.1 Å². The molecule has 4 nitrogen and oxygen atoms in total. The van der Waals surface area contributed by atoms with Crippen LogP contribution in [0.25, 0.3) is 0 Å². The number of pyridine rings is 1. The van der Waals surface area contributed by atoms with Crippen LogP contribution in [0.15, 0.2) is 6.20 Å². The number of methoxy groups -OCH3 is 1. The number of likely N-dealkylation sites (N-methyl/N-ethyl adjacent to an activating group) is 1. The van der Waals surface area contributed by atoms with Gasteiger partial charge in [-0.3, -0.25) is 9.88 Å². The van der Waals surface area contributed by atoms with E-state index in [9.17, 15) is 0 Å². The molecule has 0 bridgehead atoms. The van der Waals surface area contributed by atoms with Crippen LogP contribution in [0.2, 0.25) is 0 Å². The van der Waals surface area contributed by atoms with Crippen molar-refractivity contribution < 1.29 is 4.74 Å². The van der Waals surface area contributed by atoms with Gasteiger partial charge in [0, 0.05) is 37.0 Å². The SMILES string of the molecule is COc1c(C)cnc(CN(C)CCN)c1C.Cl. The topological polar surface area (TPSA) is 51.4 Å². The normalized spacial score (nSPS) is 10.2. The summed E-state index contributed by atoms with van der Waals surface area (Å²) in [5.41, 5.74) is 8.76. The average Bonchev–Trinajstić information content (AvgIpc) is 2.23. The third-order valence-corrected chi connectivity index (χ3v) is 2.68. The van der Waals surface area contributed by atoms with Crippen LogP contribution in [0.1, 0.15) is 16.8 Å². The van der Waals surface area contributed by atoms with Gasteiger partial charge in [-0.1, -0.05) is 0 Å². The predicted molar refractivity (Wildman–Crippen MR) is 72.9 cm³/mol. The Morgan fingerprint density at radius 3 is 2.59 bits per heavy atom. The highest BCUT2D eigenvalue weighted by Crippen LogP contribution is 2.24. The maximum atomic E-state index is 5.51. The molecule has 0 aliphatic carbocycles. The molecule has 1 heterocycles. The third-order valence-electron chi connectivity index (χ3n) is 2.68. The van der Waals surface area contributed by atoms with Gasteiger partial charge in [0.25, 0.3) is 0 Å². The second kappa shape index (κ2) is 7.48. The first-order valence-corrected chi connectivity index (χ1v) is 5.47. The molecule has 98 valence electrons. The zero-order chi connectivity index (χ0) is 12.1. The summed E-state index contributed by atoms with van der Waals surface area (Å²) in [5, 5.41) is 0. The van der Waals surface area contributed by atoms with Gasteiger partial charge in [-0.25, -0.2) is 0 Å². The van der Waals surface area contributed by atoms with E-state index >= 15 is 0 Å². The van der Waals surface area contributed by atoms with Gasteiger partial charge in [0.05, 0.1) is 12.8 Å². The lowest BCUT2D eigenvalue weighted by molar-refractivity contribution is 0.329. The minimum absolute atomic E-state index is 0. The molecule has 0 aromatic carbocycles. The van der Waals surface area contributed by atoms with Crippen LogP contribution < -0.4 is 10.5 Å². The Morgan fingerprint density at radius 2 is 2.06 bits per heavy atom. The van der Waals surface area contributed by atoms with E-state index < -0.39 is 0 Å². The molecule has 0 fully saturated rings. The van der Waals surface area contributed by atoms with Gasteiger partial charge in [-0.05, 0) is 20.9 Å². The van der Waals surface area contributed by atoms with E-state index in [2.05, 4.69) is 9.88 Å². The van der Waals surface area contributed by atoms with Crippen molar-refractivity contribution in [2.24, 2.45) is 5.73 Å². The molecule has 0 amide bonds. The van der Waals surface area contributed by atoms with Crippen molar-refractivity contribution in [3.63, 3.8) is 0 Å². The van der Waals surface area contributed by atoms with Crippen molar-refractivity contribution >= 4 is 12.4 Å². The summed E-state index contributed by atoms with van der Waals surface area (Å²) < 4.78 is 5.37.